The Bertz CT molecular complexity index is 1130. The van der Waals surface area contributed by atoms with Crippen LogP contribution in [0.15, 0.2) is 66.9 Å². The van der Waals surface area contributed by atoms with Gasteiger partial charge in [0, 0.05) is 24.8 Å². The van der Waals surface area contributed by atoms with E-state index >= 15 is 0 Å². The van der Waals surface area contributed by atoms with Crippen LogP contribution in [0.5, 0.6) is 5.75 Å². The SMILES string of the molecule is COc1ccc(C)cc1NC(=O)[C@@H](OC(=O)c1ccc(N2CCOCC2)nc1)c1ccccc1. The summed E-state index contributed by atoms with van der Waals surface area (Å²) >= 11 is 0. The van der Waals surface area contributed by atoms with Gasteiger partial charge in [0.25, 0.3) is 5.91 Å². The molecule has 0 bridgehead atoms. The predicted octanol–water partition coefficient (Wildman–Crippen LogP) is 3.77. The van der Waals surface area contributed by atoms with Gasteiger partial charge in [-0.3, -0.25) is 4.79 Å². The first kappa shape index (κ1) is 23.3. The van der Waals surface area contributed by atoms with Gasteiger partial charge >= 0.3 is 5.97 Å². The number of benzene rings is 2. The van der Waals surface area contributed by atoms with Crippen molar-refractivity contribution in [3.63, 3.8) is 0 Å². The number of anilines is 2. The second-order valence-electron chi connectivity index (χ2n) is 7.89. The minimum Gasteiger partial charge on any atom is -0.495 e. The lowest BCUT2D eigenvalue weighted by atomic mass is 10.1. The van der Waals surface area contributed by atoms with Crippen molar-refractivity contribution in [2.75, 3.05) is 43.6 Å². The van der Waals surface area contributed by atoms with Gasteiger partial charge in [-0.15, -0.1) is 0 Å². The van der Waals surface area contributed by atoms with E-state index in [1.165, 1.54) is 13.3 Å². The van der Waals surface area contributed by atoms with Crippen LogP contribution >= 0.6 is 0 Å². The number of amides is 1. The fourth-order valence-corrected chi connectivity index (χ4v) is 3.68. The monoisotopic (exact) mass is 461 g/mol. The summed E-state index contributed by atoms with van der Waals surface area (Å²) < 4.78 is 16.4. The number of morpholine rings is 1. The summed E-state index contributed by atoms with van der Waals surface area (Å²) in [6.45, 7) is 4.69. The van der Waals surface area contributed by atoms with Gasteiger partial charge in [0.1, 0.15) is 11.6 Å². The molecule has 1 N–H and O–H groups in total. The third kappa shape index (κ3) is 5.52. The van der Waals surface area contributed by atoms with Crippen molar-refractivity contribution >= 4 is 23.4 Å². The standard InChI is InChI=1S/C26H27N3O5/c1-18-8-10-22(32-2)21(16-18)28-25(30)24(19-6-4-3-5-7-19)34-26(31)20-9-11-23(27-17-20)29-12-14-33-15-13-29/h3-11,16-17,24H,12-15H2,1-2H3,(H,28,30)/t24-/m0/s1. The van der Waals surface area contributed by atoms with Crippen LogP contribution in [-0.4, -0.2) is 50.3 Å². The molecule has 1 saturated heterocycles. The van der Waals surface area contributed by atoms with E-state index in [9.17, 15) is 9.59 Å². The van der Waals surface area contributed by atoms with E-state index in [4.69, 9.17) is 14.2 Å². The zero-order chi connectivity index (χ0) is 23.9. The topological polar surface area (TPSA) is 90.0 Å². The Morgan fingerprint density at radius 1 is 1.06 bits per heavy atom. The fraction of sp³-hybridized carbons (Fsp3) is 0.269. The van der Waals surface area contributed by atoms with E-state index in [1.807, 2.05) is 19.1 Å². The number of rotatable bonds is 7. The molecule has 0 aliphatic carbocycles. The number of aromatic nitrogens is 1. The molecule has 2 aromatic carbocycles. The normalized spacial score (nSPS) is 14.2. The number of ether oxygens (including phenoxy) is 3. The molecule has 8 nitrogen and oxygen atoms in total. The third-order valence-corrected chi connectivity index (χ3v) is 5.50. The van der Waals surface area contributed by atoms with E-state index in [-0.39, 0.29) is 5.56 Å². The Morgan fingerprint density at radius 2 is 1.82 bits per heavy atom. The second kappa shape index (κ2) is 10.8. The molecule has 3 aromatic rings. The quantitative estimate of drug-likeness (QED) is 0.536. The molecule has 0 radical (unpaired) electrons. The van der Waals surface area contributed by atoms with Crippen LogP contribution in [0.25, 0.3) is 0 Å². The summed E-state index contributed by atoms with van der Waals surface area (Å²) in [4.78, 5) is 32.7. The minimum atomic E-state index is -1.15. The Labute approximate surface area is 198 Å². The molecular formula is C26H27N3O5. The maximum atomic E-state index is 13.2. The van der Waals surface area contributed by atoms with Gasteiger partial charge < -0.3 is 24.4 Å². The molecule has 8 heteroatoms. The van der Waals surface area contributed by atoms with Gasteiger partial charge in [0.15, 0.2) is 0 Å². The first-order valence-corrected chi connectivity index (χ1v) is 11.1. The Morgan fingerprint density at radius 3 is 2.50 bits per heavy atom. The smallest absolute Gasteiger partial charge is 0.340 e. The van der Waals surface area contributed by atoms with Gasteiger partial charge in [0.2, 0.25) is 6.10 Å². The van der Waals surface area contributed by atoms with Crippen LogP contribution in [0, 0.1) is 6.92 Å². The van der Waals surface area contributed by atoms with E-state index in [0.717, 1.165) is 24.5 Å². The highest BCUT2D eigenvalue weighted by molar-refractivity contribution is 5.99. The molecule has 34 heavy (non-hydrogen) atoms. The van der Waals surface area contributed by atoms with Gasteiger partial charge in [-0.05, 0) is 36.8 Å². The highest BCUT2D eigenvalue weighted by atomic mass is 16.5. The number of esters is 1. The van der Waals surface area contributed by atoms with Gasteiger partial charge in [-0.25, -0.2) is 9.78 Å². The Balaban J connectivity index is 1.53. The molecule has 0 saturated carbocycles. The van der Waals surface area contributed by atoms with Crippen LogP contribution < -0.4 is 15.0 Å². The Kier molecular flexibility index (Phi) is 7.39. The number of hydrogen-bond acceptors (Lipinski definition) is 7. The number of methoxy groups -OCH3 is 1. The molecule has 1 aliphatic rings. The fourth-order valence-electron chi connectivity index (χ4n) is 3.68. The number of nitrogens with zero attached hydrogens (tertiary/aromatic N) is 2. The number of pyridine rings is 1. The van der Waals surface area contributed by atoms with Gasteiger partial charge in [0.05, 0.1) is 31.6 Å². The van der Waals surface area contributed by atoms with Crippen molar-refractivity contribution in [2.45, 2.75) is 13.0 Å². The minimum absolute atomic E-state index is 0.263. The van der Waals surface area contributed by atoms with Crippen molar-refractivity contribution in [3.8, 4) is 5.75 Å². The number of aryl methyl sites for hydroxylation is 1. The molecule has 1 amide bonds. The largest absolute Gasteiger partial charge is 0.495 e. The summed E-state index contributed by atoms with van der Waals surface area (Å²) in [6, 6.07) is 17.8. The lowest BCUT2D eigenvalue weighted by Gasteiger charge is -2.27. The number of nitrogens with one attached hydrogen (secondary N) is 1. The Hall–Kier alpha value is -3.91. The predicted molar refractivity (Wildman–Crippen MR) is 128 cm³/mol. The van der Waals surface area contributed by atoms with E-state index < -0.39 is 18.0 Å². The van der Waals surface area contributed by atoms with E-state index in [0.29, 0.717) is 30.2 Å². The summed E-state index contributed by atoms with van der Waals surface area (Å²) in [5, 5.41) is 2.83. The summed E-state index contributed by atoms with van der Waals surface area (Å²) in [5.41, 5.74) is 2.27. The molecule has 0 unspecified atom stereocenters. The summed E-state index contributed by atoms with van der Waals surface area (Å²) in [6.07, 6.45) is 0.314. The molecule has 0 spiro atoms. The lowest BCUT2D eigenvalue weighted by molar-refractivity contribution is -0.125. The van der Waals surface area contributed by atoms with Crippen LogP contribution in [0.1, 0.15) is 27.6 Å². The highest BCUT2D eigenvalue weighted by Gasteiger charge is 2.27. The van der Waals surface area contributed by atoms with Crippen LogP contribution in [0.3, 0.4) is 0 Å². The first-order chi connectivity index (χ1) is 16.5. The first-order valence-electron chi connectivity index (χ1n) is 11.1. The van der Waals surface area contributed by atoms with Crippen LogP contribution in [0.2, 0.25) is 0 Å². The molecule has 1 fully saturated rings. The number of carbonyl (C=O) groups is 2. The van der Waals surface area contributed by atoms with Crippen molar-refractivity contribution in [3.05, 3.63) is 83.6 Å². The van der Waals surface area contributed by atoms with E-state index in [2.05, 4.69) is 15.2 Å². The molecule has 4 rings (SSSR count). The lowest BCUT2D eigenvalue weighted by Crippen LogP contribution is -2.36. The molecule has 1 aliphatic heterocycles. The molecule has 1 atom stereocenters. The summed E-state index contributed by atoms with van der Waals surface area (Å²) in [7, 11) is 1.53. The average molecular weight is 462 g/mol. The zero-order valence-electron chi connectivity index (χ0n) is 19.2. The van der Waals surface area contributed by atoms with Crippen molar-refractivity contribution in [1.29, 1.82) is 0 Å². The van der Waals surface area contributed by atoms with Crippen molar-refractivity contribution in [2.24, 2.45) is 0 Å². The molecule has 1 aromatic heterocycles. The van der Waals surface area contributed by atoms with Crippen molar-refractivity contribution < 1.29 is 23.8 Å². The van der Waals surface area contributed by atoms with Crippen molar-refractivity contribution in [1.82, 2.24) is 4.98 Å². The summed E-state index contributed by atoms with van der Waals surface area (Å²) in [5.74, 6) is 0.159. The number of hydrogen-bond donors (Lipinski definition) is 1. The second-order valence-corrected chi connectivity index (χ2v) is 7.89. The molecule has 2 heterocycles. The molecular weight excluding hydrogens is 434 g/mol. The average Bonchev–Trinajstić information content (AvgIpc) is 2.88. The van der Waals surface area contributed by atoms with E-state index in [1.54, 1.807) is 48.5 Å². The van der Waals surface area contributed by atoms with Crippen LogP contribution in [-0.2, 0) is 14.3 Å². The van der Waals surface area contributed by atoms with Gasteiger partial charge in [-0.2, -0.15) is 0 Å². The molecule has 176 valence electrons. The third-order valence-electron chi connectivity index (χ3n) is 5.50. The van der Waals surface area contributed by atoms with Crippen LogP contribution in [0.4, 0.5) is 11.5 Å². The number of carbonyl (C=O) groups excluding carboxylic acids is 2. The van der Waals surface area contributed by atoms with Gasteiger partial charge in [-0.1, -0.05) is 36.4 Å². The maximum absolute atomic E-state index is 13.2. The zero-order valence-corrected chi connectivity index (χ0v) is 19.2. The highest BCUT2D eigenvalue weighted by Crippen LogP contribution is 2.28. The maximum Gasteiger partial charge on any atom is 0.340 e.